The van der Waals surface area contributed by atoms with Crippen LogP contribution in [-0.2, 0) is 11.2 Å². The van der Waals surface area contributed by atoms with Crippen LogP contribution in [0.15, 0.2) is 81.7 Å². The smallest absolute Gasteiger partial charge is 0.225 e. The van der Waals surface area contributed by atoms with Gasteiger partial charge in [0, 0.05) is 23.0 Å². The molecule has 0 bridgehead atoms. The molecule has 7 nitrogen and oxygen atoms in total. The average Bonchev–Trinajstić information content (AvgIpc) is 3.50. The van der Waals surface area contributed by atoms with Gasteiger partial charge in [0.15, 0.2) is 0 Å². The zero-order chi connectivity index (χ0) is 30.0. The van der Waals surface area contributed by atoms with Crippen molar-refractivity contribution in [3.8, 4) is 0 Å². The van der Waals surface area contributed by atoms with Crippen molar-refractivity contribution >= 4 is 16.9 Å². The lowest BCUT2D eigenvalue weighted by Crippen LogP contribution is -2.44. The number of furan rings is 1. The van der Waals surface area contributed by atoms with Crippen LogP contribution in [0, 0.1) is 27.7 Å². The second-order valence-corrected chi connectivity index (χ2v) is 12.0. The van der Waals surface area contributed by atoms with Crippen molar-refractivity contribution in [1.29, 1.82) is 0 Å². The van der Waals surface area contributed by atoms with Crippen molar-refractivity contribution < 1.29 is 13.7 Å². The summed E-state index contributed by atoms with van der Waals surface area (Å²) in [6, 6.07) is 23.9. The lowest BCUT2D eigenvalue weighted by Gasteiger charge is -2.24. The zero-order valence-corrected chi connectivity index (χ0v) is 25.2. The number of nitrogens with one attached hydrogen (secondary N) is 2. The van der Waals surface area contributed by atoms with E-state index in [0.29, 0.717) is 6.54 Å². The van der Waals surface area contributed by atoms with E-state index in [2.05, 4.69) is 60.0 Å². The fourth-order valence-corrected chi connectivity index (χ4v) is 5.51. The molecule has 0 saturated carbocycles. The number of fused-ring (bicyclic) bond motifs is 1. The van der Waals surface area contributed by atoms with Crippen molar-refractivity contribution in [2.75, 3.05) is 6.54 Å². The van der Waals surface area contributed by atoms with Crippen molar-refractivity contribution in [2.24, 2.45) is 5.73 Å². The van der Waals surface area contributed by atoms with Gasteiger partial charge in [-0.25, -0.2) is 0 Å². The first-order valence-corrected chi connectivity index (χ1v) is 14.4. The Hall–Kier alpha value is -4.20. The quantitative estimate of drug-likeness (QED) is 0.178. The highest BCUT2D eigenvalue weighted by molar-refractivity contribution is 5.83. The van der Waals surface area contributed by atoms with Crippen LogP contribution in [0.1, 0.15) is 76.5 Å². The monoisotopic (exact) mass is 564 g/mol. The van der Waals surface area contributed by atoms with Crippen molar-refractivity contribution in [2.45, 2.75) is 65.6 Å². The Morgan fingerprint density at radius 2 is 1.71 bits per heavy atom. The minimum Gasteiger partial charge on any atom is -0.459 e. The fraction of sp³-hybridized carbons (Fsp3) is 0.314. The van der Waals surface area contributed by atoms with Gasteiger partial charge < -0.3 is 25.3 Å². The second-order valence-electron chi connectivity index (χ2n) is 12.0. The molecule has 2 aromatic heterocycles. The molecule has 0 spiro atoms. The lowest BCUT2D eigenvalue weighted by molar-refractivity contribution is -0.120. The summed E-state index contributed by atoms with van der Waals surface area (Å²) < 4.78 is 11.8. The molecule has 0 radical (unpaired) electrons. The summed E-state index contributed by atoms with van der Waals surface area (Å²) >= 11 is 0. The van der Waals surface area contributed by atoms with Crippen LogP contribution in [0.25, 0.3) is 11.0 Å². The normalized spacial score (nSPS) is 13.3. The van der Waals surface area contributed by atoms with E-state index in [0.717, 1.165) is 56.0 Å². The maximum Gasteiger partial charge on any atom is 0.225 e. The molecule has 0 fully saturated rings. The second kappa shape index (κ2) is 12.0. The molecule has 2 unspecified atom stereocenters. The Bertz CT molecular complexity index is 1680. The third kappa shape index (κ3) is 6.64. The molecule has 5 rings (SSSR count). The van der Waals surface area contributed by atoms with Gasteiger partial charge >= 0.3 is 0 Å². The maximum atomic E-state index is 13.4. The summed E-state index contributed by atoms with van der Waals surface area (Å²) in [5, 5.41) is 11.9. The van der Waals surface area contributed by atoms with Crippen LogP contribution in [-0.4, -0.2) is 23.1 Å². The molecule has 5 aromatic rings. The molecule has 3 aromatic carbocycles. The van der Waals surface area contributed by atoms with Gasteiger partial charge in [-0.15, -0.1) is 0 Å². The van der Waals surface area contributed by atoms with Gasteiger partial charge in [-0.2, -0.15) is 0 Å². The number of aryl methyl sites for hydroxylation is 4. The number of amides is 1. The molecule has 2 atom stereocenters. The summed E-state index contributed by atoms with van der Waals surface area (Å²) in [5.74, 6) is 1.42. The summed E-state index contributed by atoms with van der Waals surface area (Å²) in [4.78, 5) is 13.4. The number of aromatic nitrogens is 1. The first kappa shape index (κ1) is 29.3. The third-order valence-electron chi connectivity index (χ3n) is 7.56. The number of hydrogen-bond acceptors (Lipinski definition) is 6. The van der Waals surface area contributed by atoms with Crippen molar-refractivity contribution in [3.05, 3.63) is 123 Å². The first-order chi connectivity index (χ1) is 20.0. The predicted octanol–water partition coefficient (Wildman–Crippen LogP) is 6.52. The lowest BCUT2D eigenvalue weighted by atomic mass is 9.93. The Morgan fingerprint density at radius 1 is 0.952 bits per heavy atom. The molecule has 218 valence electrons. The topological polar surface area (TPSA) is 106 Å². The molecule has 7 heteroatoms. The Labute approximate surface area is 247 Å². The van der Waals surface area contributed by atoms with E-state index in [1.54, 1.807) is 0 Å². The van der Waals surface area contributed by atoms with Crippen LogP contribution in [0.3, 0.4) is 0 Å². The molecule has 2 heterocycles. The number of carbonyl (C=O) groups is 1. The number of nitrogens with zero attached hydrogens (tertiary/aromatic N) is 1. The molecule has 0 aliphatic rings. The molecule has 0 saturated heterocycles. The molecule has 1 amide bonds. The standard InChI is InChI=1S/C35H40N4O3/c1-21-12-14-28(22(2)16-21)33(26-10-8-7-9-11-26)38-31(40)18-25-13-15-29-27(17-25)19-30(41-29)34(37-20-35(5,6)36)32-23(3)39-42-24(32)4/h7-17,19,33-34,37H,18,20,36H2,1-6H3,(H,38,40). The van der Waals surface area contributed by atoms with E-state index < -0.39 is 5.54 Å². The minimum atomic E-state index is -0.418. The largest absolute Gasteiger partial charge is 0.459 e. The van der Waals surface area contributed by atoms with E-state index in [1.165, 1.54) is 5.56 Å². The van der Waals surface area contributed by atoms with Crippen LogP contribution in [0.2, 0.25) is 0 Å². The number of carbonyl (C=O) groups excluding carboxylic acids is 1. The summed E-state index contributed by atoms with van der Waals surface area (Å²) in [7, 11) is 0. The van der Waals surface area contributed by atoms with Gasteiger partial charge in [0.05, 0.1) is 24.2 Å². The fourth-order valence-electron chi connectivity index (χ4n) is 5.51. The molecule has 0 aliphatic heterocycles. The van der Waals surface area contributed by atoms with Gasteiger partial charge in [0.25, 0.3) is 0 Å². The minimum absolute atomic E-state index is 0.0488. The van der Waals surface area contributed by atoms with Gasteiger partial charge in [-0.05, 0) is 82.0 Å². The highest BCUT2D eigenvalue weighted by Crippen LogP contribution is 2.33. The maximum absolute atomic E-state index is 13.4. The Kier molecular flexibility index (Phi) is 8.34. The van der Waals surface area contributed by atoms with Crippen LogP contribution >= 0.6 is 0 Å². The van der Waals surface area contributed by atoms with Crippen LogP contribution < -0.4 is 16.4 Å². The van der Waals surface area contributed by atoms with Gasteiger partial charge in [-0.1, -0.05) is 65.3 Å². The van der Waals surface area contributed by atoms with E-state index in [-0.39, 0.29) is 24.4 Å². The van der Waals surface area contributed by atoms with E-state index in [9.17, 15) is 4.79 Å². The van der Waals surface area contributed by atoms with Crippen molar-refractivity contribution in [3.63, 3.8) is 0 Å². The van der Waals surface area contributed by atoms with Crippen LogP contribution in [0.5, 0.6) is 0 Å². The van der Waals surface area contributed by atoms with Gasteiger partial charge in [0.1, 0.15) is 17.1 Å². The van der Waals surface area contributed by atoms with Gasteiger partial charge in [0.2, 0.25) is 5.91 Å². The summed E-state index contributed by atoms with van der Waals surface area (Å²) in [5.41, 5.74) is 13.7. The Balaban J connectivity index is 1.40. The highest BCUT2D eigenvalue weighted by Gasteiger charge is 2.27. The van der Waals surface area contributed by atoms with Crippen molar-refractivity contribution in [1.82, 2.24) is 15.8 Å². The third-order valence-corrected chi connectivity index (χ3v) is 7.56. The number of hydrogen-bond donors (Lipinski definition) is 3. The molecule has 42 heavy (non-hydrogen) atoms. The van der Waals surface area contributed by atoms with E-state index in [4.69, 9.17) is 14.7 Å². The Morgan fingerprint density at radius 3 is 2.38 bits per heavy atom. The highest BCUT2D eigenvalue weighted by atomic mass is 16.5. The summed E-state index contributed by atoms with van der Waals surface area (Å²) in [6.07, 6.45) is 0.248. The van der Waals surface area contributed by atoms with E-state index in [1.807, 2.05) is 70.2 Å². The zero-order valence-electron chi connectivity index (χ0n) is 25.2. The predicted molar refractivity (Wildman–Crippen MR) is 166 cm³/mol. The SMILES string of the molecule is Cc1ccc(C(NC(=O)Cc2ccc3oc(C(NCC(C)(C)N)c4c(C)noc4C)cc3c2)c2ccccc2)c(C)c1. The number of benzene rings is 3. The molecule has 4 N–H and O–H groups in total. The van der Waals surface area contributed by atoms with E-state index >= 15 is 0 Å². The van der Waals surface area contributed by atoms with Crippen LogP contribution in [0.4, 0.5) is 0 Å². The molecule has 0 aliphatic carbocycles. The molecular formula is C35H40N4O3. The average molecular weight is 565 g/mol. The number of nitrogens with two attached hydrogens (primary N) is 1. The molecular weight excluding hydrogens is 524 g/mol. The summed E-state index contributed by atoms with van der Waals surface area (Å²) in [6.45, 7) is 12.5. The first-order valence-electron chi connectivity index (χ1n) is 14.4. The number of rotatable bonds is 10. The van der Waals surface area contributed by atoms with Gasteiger partial charge in [-0.3, -0.25) is 4.79 Å².